The zero-order chi connectivity index (χ0) is 12.8. The van der Waals surface area contributed by atoms with Crippen molar-refractivity contribution in [2.24, 2.45) is 0 Å². The molecule has 0 bridgehead atoms. The average Bonchev–Trinajstić information content (AvgIpc) is 2.27. The van der Waals surface area contributed by atoms with Crippen molar-refractivity contribution >= 4 is 5.97 Å². The minimum atomic E-state index is -0.779. The molecule has 5 nitrogen and oxygen atoms in total. The molecular formula is C12H24N2O3. The Kier molecular flexibility index (Phi) is 5.88. The zero-order valence-corrected chi connectivity index (χ0v) is 11.0. The Labute approximate surface area is 103 Å². The number of rotatable bonds is 6. The fourth-order valence-corrected chi connectivity index (χ4v) is 2.23. The topological polar surface area (TPSA) is 61.8 Å². The summed E-state index contributed by atoms with van der Waals surface area (Å²) in [5.74, 6) is -0.779. The van der Waals surface area contributed by atoms with Crippen LogP contribution in [0.1, 0.15) is 26.7 Å². The third kappa shape index (κ3) is 5.02. The van der Waals surface area contributed by atoms with E-state index in [0.717, 1.165) is 25.9 Å². The van der Waals surface area contributed by atoms with E-state index in [1.165, 1.54) is 0 Å². The first-order chi connectivity index (χ1) is 8.02. The molecule has 0 aromatic heterocycles. The quantitative estimate of drug-likeness (QED) is 0.714. The summed E-state index contributed by atoms with van der Waals surface area (Å²) in [4.78, 5) is 13.3. The number of piperidine rings is 1. The number of nitrogens with zero attached hydrogens (tertiary/aromatic N) is 1. The Hall–Kier alpha value is -0.650. The molecule has 100 valence electrons. The predicted octanol–water partition coefficient (Wildman–Crippen LogP) is 0.548. The molecule has 0 aliphatic carbocycles. The van der Waals surface area contributed by atoms with Gasteiger partial charge in [-0.15, -0.1) is 0 Å². The van der Waals surface area contributed by atoms with Crippen molar-refractivity contribution < 1.29 is 14.6 Å². The lowest BCUT2D eigenvalue weighted by molar-refractivity contribution is -0.140. The molecule has 0 amide bonds. The number of carbonyl (C=O) groups is 1. The predicted molar refractivity (Wildman–Crippen MR) is 66.2 cm³/mol. The highest BCUT2D eigenvalue weighted by atomic mass is 16.5. The molecule has 0 aromatic carbocycles. The van der Waals surface area contributed by atoms with Gasteiger partial charge >= 0.3 is 5.97 Å². The lowest BCUT2D eigenvalue weighted by Crippen LogP contribution is -2.51. The second-order valence-corrected chi connectivity index (χ2v) is 4.97. The first kappa shape index (κ1) is 14.4. The third-order valence-corrected chi connectivity index (χ3v) is 3.07. The summed E-state index contributed by atoms with van der Waals surface area (Å²) in [6, 6.07) is -0.315. The first-order valence-corrected chi connectivity index (χ1v) is 6.27. The maximum Gasteiger partial charge on any atom is 0.322 e. The van der Waals surface area contributed by atoms with E-state index < -0.39 is 12.0 Å². The molecule has 0 radical (unpaired) electrons. The molecule has 1 saturated heterocycles. The Bertz CT molecular complexity index is 246. The monoisotopic (exact) mass is 244 g/mol. The van der Waals surface area contributed by atoms with Gasteiger partial charge in [-0.1, -0.05) is 13.8 Å². The summed E-state index contributed by atoms with van der Waals surface area (Å²) in [6.07, 6.45) is 2.40. The van der Waals surface area contributed by atoms with Crippen molar-refractivity contribution in [3.8, 4) is 0 Å². The minimum absolute atomic E-state index is 0.180. The van der Waals surface area contributed by atoms with Gasteiger partial charge in [-0.25, -0.2) is 0 Å². The summed E-state index contributed by atoms with van der Waals surface area (Å²) in [5.41, 5.74) is 0. The first-order valence-electron chi connectivity index (χ1n) is 6.27. The van der Waals surface area contributed by atoms with Gasteiger partial charge in [-0.05, 0) is 19.4 Å². The third-order valence-electron chi connectivity index (χ3n) is 3.07. The number of aliphatic carboxylic acids is 1. The second-order valence-electron chi connectivity index (χ2n) is 4.97. The van der Waals surface area contributed by atoms with Crippen molar-refractivity contribution in [1.29, 1.82) is 0 Å². The number of carboxylic acid groups (broad SMARTS) is 1. The number of nitrogens with one attached hydrogen (secondary N) is 1. The fourth-order valence-electron chi connectivity index (χ4n) is 2.23. The number of carboxylic acids is 1. The molecule has 0 aromatic rings. The Morgan fingerprint density at radius 1 is 1.59 bits per heavy atom. The molecule has 1 rings (SSSR count). The molecule has 2 atom stereocenters. The van der Waals surface area contributed by atoms with E-state index in [4.69, 9.17) is 9.84 Å². The zero-order valence-electron chi connectivity index (χ0n) is 11.0. The Morgan fingerprint density at radius 2 is 2.29 bits per heavy atom. The standard InChI is InChI=1S/C12H24N2O3/c1-9(2)13-11(12(15)16)8-14-6-4-5-10(7-14)17-3/h9-11,13H,4-8H2,1-3H3,(H,15,16). The van der Waals surface area contributed by atoms with E-state index in [0.29, 0.717) is 6.54 Å². The number of methoxy groups -OCH3 is 1. The van der Waals surface area contributed by atoms with Crippen molar-refractivity contribution in [2.45, 2.75) is 44.9 Å². The van der Waals surface area contributed by atoms with Crippen LogP contribution in [0.3, 0.4) is 0 Å². The summed E-state index contributed by atoms with van der Waals surface area (Å²) in [6.45, 7) is 6.27. The van der Waals surface area contributed by atoms with Gasteiger partial charge in [0.2, 0.25) is 0 Å². The summed E-state index contributed by atoms with van der Waals surface area (Å²) >= 11 is 0. The second kappa shape index (κ2) is 6.93. The van der Waals surface area contributed by atoms with Crippen LogP contribution in [0.25, 0.3) is 0 Å². The van der Waals surface area contributed by atoms with Crippen LogP contribution in [0, 0.1) is 0 Å². The van der Waals surface area contributed by atoms with E-state index >= 15 is 0 Å². The van der Waals surface area contributed by atoms with Gasteiger partial charge in [0.1, 0.15) is 6.04 Å². The van der Waals surface area contributed by atoms with Crippen molar-refractivity contribution in [2.75, 3.05) is 26.7 Å². The lowest BCUT2D eigenvalue weighted by atomic mass is 10.1. The molecule has 5 heteroatoms. The molecule has 1 aliphatic rings. The van der Waals surface area contributed by atoms with Gasteiger partial charge in [0, 0.05) is 26.2 Å². The number of hydrogen-bond donors (Lipinski definition) is 2. The van der Waals surface area contributed by atoms with Crippen molar-refractivity contribution in [1.82, 2.24) is 10.2 Å². The van der Waals surface area contributed by atoms with Crippen LogP contribution in [0.15, 0.2) is 0 Å². The van der Waals surface area contributed by atoms with Crippen LogP contribution >= 0.6 is 0 Å². The number of hydrogen-bond acceptors (Lipinski definition) is 4. The molecular weight excluding hydrogens is 220 g/mol. The van der Waals surface area contributed by atoms with E-state index in [9.17, 15) is 4.79 Å². The number of ether oxygens (including phenoxy) is 1. The lowest BCUT2D eigenvalue weighted by Gasteiger charge is -2.33. The van der Waals surface area contributed by atoms with Gasteiger partial charge < -0.3 is 15.2 Å². The maximum absolute atomic E-state index is 11.1. The number of likely N-dealkylation sites (tertiary alicyclic amines) is 1. The van der Waals surface area contributed by atoms with Gasteiger partial charge in [0.25, 0.3) is 0 Å². The van der Waals surface area contributed by atoms with Gasteiger partial charge in [0.05, 0.1) is 6.10 Å². The molecule has 2 N–H and O–H groups in total. The fraction of sp³-hybridized carbons (Fsp3) is 0.917. The molecule has 0 saturated carbocycles. The highest BCUT2D eigenvalue weighted by Gasteiger charge is 2.25. The molecule has 17 heavy (non-hydrogen) atoms. The van der Waals surface area contributed by atoms with Crippen LogP contribution in [0.2, 0.25) is 0 Å². The van der Waals surface area contributed by atoms with Crippen LogP contribution in [0.4, 0.5) is 0 Å². The molecule has 1 heterocycles. The van der Waals surface area contributed by atoms with E-state index in [-0.39, 0.29) is 12.1 Å². The molecule has 1 aliphatic heterocycles. The average molecular weight is 244 g/mol. The van der Waals surface area contributed by atoms with Crippen LogP contribution in [-0.4, -0.2) is 60.9 Å². The summed E-state index contributed by atoms with van der Waals surface area (Å²) in [5, 5.41) is 12.2. The molecule has 1 fully saturated rings. The Morgan fingerprint density at radius 3 is 2.82 bits per heavy atom. The summed E-state index contributed by atoms with van der Waals surface area (Å²) in [7, 11) is 1.72. The van der Waals surface area contributed by atoms with E-state index in [1.807, 2.05) is 13.8 Å². The van der Waals surface area contributed by atoms with Gasteiger partial charge in [0.15, 0.2) is 0 Å². The smallest absolute Gasteiger partial charge is 0.322 e. The molecule has 0 spiro atoms. The summed E-state index contributed by atoms with van der Waals surface area (Å²) < 4.78 is 5.34. The van der Waals surface area contributed by atoms with Gasteiger partial charge in [-0.3, -0.25) is 9.69 Å². The highest BCUT2D eigenvalue weighted by Crippen LogP contribution is 2.12. The van der Waals surface area contributed by atoms with E-state index in [1.54, 1.807) is 7.11 Å². The van der Waals surface area contributed by atoms with Crippen LogP contribution in [0.5, 0.6) is 0 Å². The largest absolute Gasteiger partial charge is 0.480 e. The normalized spacial score (nSPS) is 23.9. The maximum atomic E-state index is 11.1. The Balaban J connectivity index is 2.45. The van der Waals surface area contributed by atoms with Crippen molar-refractivity contribution in [3.05, 3.63) is 0 Å². The van der Waals surface area contributed by atoms with Gasteiger partial charge in [-0.2, -0.15) is 0 Å². The van der Waals surface area contributed by atoms with Crippen LogP contribution in [-0.2, 0) is 9.53 Å². The minimum Gasteiger partial charge on any atom is -0.480 e. The van der Waals surface area contributed by atoms with Crippen molar-refractivity contribution in [3.63, 3.8) is 0 Å². The molecule has 2 unspecified atom stereocenters. The van der Waals surface area contributed by atoms with E-state index in [2.05, 4.69) is 10.2 Å². The SMILES string of the molecule is COC1CCCN(CC(NC(C)C)C(=O)O)C1. The van der Waals surface area contributed by atoms with Crippen LogP contribution < -0.4 is 5.32 Å². The highest BCUT2D eigenvalue weighted by molar-refractivity contribution is 5.73.